The van der Waals surface area contributed by atoms with E-state index in [4.69, 9.17) is 0 Å². The van der Waals surface area contributed by atoms with Gasteiger partial charge in [0.2, 0.25) is 0 Å². The van der Waals surface area contributed by atoms with Gasteiger partial charge in [-0.1, -0.05) is 44.6 Å². The Balaban J connectivity index is -0.00000121. The van der Waals surface area contributed by atoms with E-state index < -0.39 is 8.07 Å². The Morgan fingerprint density at radius 1 is 0.960 bits per heavy atom. The van der Waals surface area contributed by atoms with Gasteiger partial charge in [0, 0.05) is 8.07 Å². The van der Waals surface area contributed by atoms with E-state index in [-0.39, 0.29) is 58.9 Å². The van der Waals surface area contributed by atoms with Gasteiger partial charge in [-0.05, 0) is 49.4 Å². The Labute approximate surface area is 189 Å². The summed E-state index contributed by atoms with van der Waals surface area (Å²) in [5, 5.41) is 1.58. The minimum atomic E-state index is -1.18. The molecule has 1 unspecified atom stereocenters. The van der Waals surface area contributed by atoms with Crippen molar-refractivity contribution in [2.45, 2.75) is 59.7 Å². The third-order valence-corrected chi connectivity index (χ3v) is 6.78. The van der Waals surface area contributed by atoms with Crippen LogP contribution in [-0.2, 0) is 28.1 Å². The monoisotopic (exact) mass is 450 g/mol. The maximum atomic E-state index is 2.45. The minimum absolute atomic E-state index is 0. The molecule has 0 amide bonds. The predicted molar refractivity (Wildman–Crippen MR) is 97.8 cm³/mol. The Hall–Kier alpha value is 0.371. The zero-order valence-corrected chi connectivity index (χ0v) is 21.1. The van der Waals surface area contributed by atoms with Gasteiger partial charge in [0.05, 0.1) is 0 Å². The molecule has 0 aromatic heterocycles. The molecule has 0 fully saturated rings. The van der Waals surface area contributed by atoms with Crippen LogP contribution in [0.5, 0.6) is 0 Å². The van der Waals surface area contributed by atoms with Gasteiger partial charge in [-0.2, -0.15) is 17.7 Å². The van der Waals surface area contributed by atoms with E-state index in [1.54, 1.807) is 5.19 Å². The first-order valence-corrected chi connectivity index (χ1v) is 11.5. The second kappa shape index (κ2) is 12.0. The maximum Gasteiger partial charge on any atom is 4.00 e. The van der Waals surface area contributed by atoms with E-state index in [1.165, 1.54) is 27.8 Å². The summed E-state index contributed by atoms with van der Waals surface area (Å²) >= 11 is 0. The molecule has 0 aliphatic carbocycles. The molecule has 0 aliphatic rings. The number of hydrogen-bond donors (Lipinski definition) is 0. The van der Waals surface area contributed by atoms with Crippen LogP contribution in [0.4, 0.5) is 0 Å². The average Bonchev–Trinajstić information content (AvgIpc) is 2.85. The third kappa shape index (κ3) is 7.87. The maximum absolute atomic E-state index is 2.45. The summed E-state index contributed by atoms with van der Waals surface area (Å²) in [6.07, 6.45) is 1.14. The molecule has 2 rings (SSSR count). The molecule has 2 aromatic carbocycles. The van der Waals surface area contributed by atoms with Gasteiger partial charge in [-0.3, -0.25) is 0 Å². The molecule has 0 aliphatic heterocycles. The number of hydrogen-bond acceptors (Lipinski definition) is 0. The van der Waals surface area contributed by atoms with Crippen molar-refractivity contribution in [3.05, 3.63) is 58.1 Å². The molecule has 25 heavy (non-hydrogen) atoms. The normalized spacial score (nSPS) is 11.3. The van der Waals surface area contributed by atoms with Crippen molar-refractivity contribution in [2.24, 2.45) is 0 Å². The fraction of sp³-hybridized carbons (Fsp3) is 0.450. The standard InChI is InChI=1S/C20H29Si.3ClH.Ti/c1-14-10-18(11-15(2)17(14)4)12-16(3)19-8-9-20(13-19)21(5,6)7;;;;/h8-11,13,16H,12H2,1-7H3;3*1H;/q-1;;;;+4/p-3. The van der Waals surface area contributed by atoms with Crippen LogP contribution >= 0.6 is 0 Å². The number of rotatable bonds is 4. The molecule has 0 saturated carbocycles. The SMILES string of the molecule is Cc1cc(CC(C)[c-]2ccc([Si](C)(C)C)c2)cc(C)c1C.[Cl-].[Cl-].[Cl-].[Ti+4]. The molecule has 0 spiro atoms. The van der Waals surface area contributed by atoms with Crippen LogP contribution in [0.2, 0.25) is 19.6 Å². The Morgan fingerprint density at radius 2 is 1.44 bits per heavy atom. The van der Waals surface area contributed by atoms with E-state index >= 15 is 0 Å². The summed E-state index contributed by atoms with van der Waals surface area (Å²) < 4.78 is 0. The van der Waals surface area contributed by atoms with Crippen LogP contribution in [-0.4, -0.2) is 8.07 Å². The number of aryl methyl sites for hydroxylation is 2. The summed E-state index contributed by atoms with van der Waals surface area (Å²) in [5.41, 5.74) is 7.24. The molecule has 2 aromatic rings. The van der Waals surface area contributed by atoms with Gasteiger partial charge < -0.3 is 37.2 Å². The molecule has 0 N–H and O–H groups in total. The fourth-order valence-corrected chi connectivity index (χ4v) is 4.13. The van der Waals surface area contributed by atoms with E-state index in [1.807, 2.05) is 0 Å². The number of benzene rings is 1. The molecule has 0 radical (unpaired) electrons. The van der Waals surface area contributed by atoms with E-state index in [0.717, 1.165) is 6.42 Å². The molecule has 0 saturated heterocycles. The second-order valence-electron chi connectivity index (χ2n) is 7.64. The van der Waals surface area contributed by atoms with Crippen molar-refractivity contribution in [3.8, 4) is 0 Å². The average molecular weight is 452 g/mol. The molecule has 0 nitrogen and oxygen atoms in total. The van der Waals surface area contributed by atoms with E-state index in [0.29, 0.717) is 5.92 Å². The Kier molecular flexibility index (Phi) is 14.4. The van der Waals surface area contributed by atoms with Gasteiger partial charge in [0.15, 0.2) is 0 Å². The molecule has 5 heteroatoms. The summed E-state index contributed by atoms with van der Waals surface area (Å²) in [4.78, 5) is 0. The van der Waals surface area contributed by atoms with Crippen molar-refractivity contribution in [3.63, 3.8) is 0 Å². The molecule has 0 heterocycles. The van der Waals surface area contributed by atoms with Crippen LogP contribution < -0.4 is 42.4 Å². The van der Waals surface area contributed by atoms with Crippen molar-refractivity contribution in [1.82, 2.24) is 0 Å². The summed E-state index contributed by atoms with van der Waals surface area (Å²) in [6, 6.07) is 11.9. The molecule has 138 valence electrons. The largest absolute Gasteiger partial charge is 4.00 e. The fourth-order valence-electron chi connectivity index (χ4n) is 2.95. The van der Waals surface area contributed by atoms with Crippen LogP contribution in [0.1, 0.15) is 40.7 Å². The van der Waals surface area contributed by atoms with Gasteiger partial charge in [0.1, 0.15) is 0 Å². The smallest absolute Gasteiger partial charge is 1.00 e. The van der Waals surface area contributed by atoms with Gasteiger partial charge in [-0.25, -0.2) is 11.3 Å². The van der Waals surface area contributed by atoms with Crippen molar-refractivity contribution in [2.75, 3.05) is 0 Å². The van der Waals surface area contributed by atoms with E-state index in [9.17, 15) is 0 Å². The van der Waals surface area contributed by atoms with Crippen LogP contribution in [0.3, 0.4) is 0 Å². The van der Waals surface area contributed by atoms with Gasteiger partial charge >= 0.3 is 21.7 Å². The summed E-state index contributed by atoms with van der Waals surface area (Å²) in [7, 11) is -1.18. The van der Waals surface area contributed by atoms with Crippen molar-refractivity contribution >= 4 is 13.3 Å². The summed E-state index contributed by atoms with van der Waals surface area (Å²) in [5.74, 6) is 0.594. The molecular formula is C20H29Cl3SiTi. The Morgan fingerprint density at radius 3 is 1.84 bits per heavy atom. The van der Waals surface area contributed by atoms with Gasteiger partial charge in [0.25, 0.3) is 0 Å². The van der Waals surface area contributed by atoms with Crippen LogP contribution in [0, 0.1) is 20.8 Å². The summed E-state index contributed by atoms with van der Waals surface area (Å²) in [6.45, 7) is 16.3. The third-order valence-electron chi connectivity index (χ3n) is 4.74. The molecular weight excluding hydrogens is 423 g/mol. The van der Waals surface area contributed by atoms with Crippen LogP contribution in [0.25, 0.3) is 0 Å². The zero-order chi connectivity index (χ0) is 15.8. The first-order valence-electron chi connectivity index (χ1n) is 8.02. The first kappa shape index (κ1) is 30.1. The number of halogens is 3. The van der Waals surface area contributed by atoms with Crippen molar-refractivity contribution in [1.29, 1.82) is 0 Å². The minimum Gasteiger partial charge on any atom is -1.00 e. The second-order valence-corrected chi connectivity index (χ2v) is 12.7. The van der Waals surface area contributed by atoms with Crippen molar-refractivity contribution < 1.29 is 58.9 Å². The van der Waals surface area contributed by atoms with E-state index in [2.05, 4.69) is 77.7 Å². The zero-order valence-electron chi connectivity index (χ0n) is 16.3. The predicted octanol–water partition coefficient (Wildman–Crippen LogP) is -3.77. The first-order chi connectivity index (χ1) is 9.68. The molecule has 1 atom stereocenters. The molecule has 0 bridgehead atoms. The van der Waals surface area contributed by atoms with Gasteiger partial charge in [-0.15, -0.1) is 0 Å². The van der Waals surface area contributed by atoms with Crippen LogP contribution in [0.15, 0.2) is 30.3 Å². The topological polar surface area (TPSA) is 0 Å². The quantitative estimate of drug-likeness (QED) is 0.331. The Bertz CT molecular complexity index is 622.